The number of hydrogen-bond donors (Lipinski definition) is 2. The Hall–Kier alpha value is -1.71. The average Bonchev–Trinajstić information content (AvgIpc) is 2.39. The highest BCUT2D eigenvalue weighted by Gasteiger charge is 2.11. The van der Waals surface area contributed by atoms with E-state index in [9.17, 15) is 9.90 Å². The molecule has 3 nitrogen and oxygen atoms in total. The summed E-state index contributed by atoms with van der Waals surface area (Å²) in [4.78, 5) is 12.0. The number of carbonyl (C=O) groups excluding carboxylic acids is 1. The third-order valence-electron chi connectivity index (χ3n) is 2.87. The maximum absolute atomic E-state index is 12.0. The second kappa shape index (κ2) is 6.16. The molecule has 0 bridgehead atoms. The van der Waals surface area contributed by atoms with Crippen LogP contribution in [0.1, 0.15) is 11.1 Å². The van der Waals surface area contributed by atoms with Crippen molar-refractivity contribution in [1.82, 2.24) is 0 Å². The van der Waals surface area contributed by atoms with E-state index in [1.165, 1.54) is 0 Å². The molecule has 0 heterocycles. The zero-order valence-corrected chi connectivity index (χ0v) is 12.3. The van der Waals surface area contributed by atoms with Gasteiger partial charge >= 0.3 is 0 Å². The normalized spacial score (nSPS) is 10.3. The molecule has 0 aliphatic rings. The molecule has 0 saturated carbocycles. The first-order chi connectivity index (χ1) is 9.47. The van der Waals surface area contributed by atoms with Gasteiger partial charge in [0, 0.05) is 10.6 Å². The number of aromatic hydroxyl groups is 1. The van der Waals surface area contributed by atoms with Crippen LogP contribution in [0.4, 0.5) is 5.69 Å². The summed E-state index contributed by atoms with van der Waals surface area (Å²) in [5.41, 5.74) is 1.86. The molecule has 0 aromatic heterocycles. The molecule has 5 heteroatoms. The van der Waals surface area contributed by atoms with Crippen molar-refractivity contribution >= 4 is 34.8 Å². The van der Waals surface area contributed by atoms with Crippen LogP contribution in [0.5, 0.6) is 5.75 Å². The molecule has 104 valence electrons. The molecular formula is C15H13Cl2NO2. The fourth-order valence-electron chi connectivity index (χ4n) is 1.77. The SMILES string of the molecule is Cc1cc(Cl)c(NC(=O)Cc2ccccc2O)cc1Cl. The van der Waals surface area contributed by atoms with Crippen LogP contribution in [0.3, 0.4) is 0 Å². The number of phenols is 1. The molecular weight excluding hydrogens is 297 g/mol. The molecule has 1 amide bonds. The number of aryl methyl sites for hydroxylation is 1. The van der Waals surface area contributed by atoms with Crippen molar-refractivity contribution in [3.63, 3.8) is 0 Å². The Kier molecular flexibility index (Phi) is 4.53. The van der Waals surface area contributed by atoms with Crippen molar-refractivity contribution in [3.05, 3.63) is 57.6 Å². The number of para-hydroxylation sites is 1. The van der Waals surface area contributed by atoms with Gasteiger partial charge in [-0.1, -0.05) is 41.4 Å². The third-order valence-corrected chi connectivity index (χ3v) is 3.58. The van der Waals surface area contributed by atoms with Gasteiger partial charge in [-0.2, -0.15) is 0 Å². The highest BCUT2D eigenvalue weighted by atomic mass is 35.5. The topological polar surface area (TPSA) is 49.3 Å². The van der Waals surface area contributed by atoms with E-state index in [1.54, 1.807) is 36.4 Å². The number of rotatable bonds is 3. The first kappa shape index (κ1) is 14.7. The van der Waals surface area contributed by atoms with Crippen molar-refractivity contribution in [2.45, 2.75) is 13.3 Å². The van der Waals surface area contributed by atoms with Crippen LogP contribution in [-0.2, 0) is 11.2 Å². The van der Waals surface area contributed by atoms with E-state index >= 15 is 0 Å². The van der Waals surface area contributed by atoms with Gasteiger partial charge in [-0.15, -0.1) is 0 Å². The molecule has 2 aromatic carbocycles. The molecule has 0 spiro atoms. The summed E-state index contributed by atoms with van der Waals surface area (Å²) in [6, 6.07) is 10.0. The number of benzene rings is 2. The molecule has 20 heavy (non-hydrogen) atoms. The first-order valence-electron chi connectivity index (χ1n) is 5.99. The summed E-state index contributed by atoms with van der Waals surface area (Å²) in [5, 5.41) is 13.3. The van der Waals surface area contributed by atoms with Crippen molar-refractivity contribution in [2.24, 2.45) is 0 Å². The van der Waals surface area contributed by atoms with Gasteiger partial charge in [-0.05, 0) is 30.7 Å². The second-order valence-electron chi connectivity index (χ2n) is 4.43. The van der Waals surface area contributed by atoms with Gasteiger partial charge in [0.15, 0.2) is 0 Å². The largest absolute Gasteiger partial charge is 0.508 e. The monoisotopic (exact) mass is 309 g/mol. The standard InChI is InChI=1S/C15H13Cl2NO2/c1-9-6-12(17)13(8-11(9)16)18-15(20)7-10-4-2-3-5-14(10)19/h2-6,8,19H,7H2,1H3,(H,18,20). The Morgan fingerprint density at radius 2 is 1.90 bits per heavy atom. The van der Waals surface area contributed by atoms with Crippen LogP contribution in [0, 0.1) is 6.92 Å². The van der Waals surface area contributed by atoms with Crippen molar-refractivity contribution < 1.29 is 9.90 Å². The number of carbonyl (C=O) groups is 1. The maximum atomic E-state index is 12.0. The molecule has 0 saturated heterocycles. The van der Waals surface area contributed by atoms with E-state index < -0.39 is 0 Å². The highest BCUT2D eigenvalue weighted by Crippen LogP contribution is 2.29. The summed E-state index contributed by atoms with van der Waals surface area (Å²) in [6.45, 7) is 1.84. The van der Waals surface area contributed by atoms with E-state index in [1.807, 2.05) is 6.92 Å². The lowest BCUT2D eigenvalue weighted by molar-refractivity contribution is -0.115. The van der Waals surface area contributed by atoms with Gasteiger partial charge in [-0.25, -0.2) is 0 Å². The fraction of sp³-hybridized carbons (Fsp3) is 0.133. The molecule has 2 aromatic rings. The quantitative estimate of drug-likeness (QED) is 0.893. The average molecular weight is 310 g/mol. The molecule has 0 unspecified atom stereocenters. The Labute approximate surface area is 127 Å². The van der Waals surface area contributed by atoms with E-state index in [4.69, 9.17) is 23.2 Å². The Bertz CT molecular complexity index is 656. The Balaban J connectivity index is 2.13. The van der Waals surface area contributed by atoms with Crippen LogP contribution < -0.4 is 5.32 Å². The number of nitrogens with one attached hydrogen (secondary N) is 1. The van der Waals surface area contributed by atoms with Gasteiger partial charge in [0.2, 0.25) is 5.91 Å². The number of anilines is 1. The van der Waals surface area contributed by atoms with Crippen molar-refractivity contribution in [2.75, 3.05) is 5.32 Å². The highest BCUT2D eigenvalue weighted by molar-refractivity contribution is 6.36. The third kappa shape index (κ3) is 3.44. The molecule has 0 radical (unpaired) electrons. The first-order valence-corrected chi connectivity index (χ1v) is 6.75. The number of phenolic OH excluding ortho intramolecular Hbond substituents is 1. The minimum atomic E-state index is -0.270. The second-order valence-corrected chi connectivity index (χ2v) is 5.25. The van der Waals surface area contributed by atoms with E-state index in [2.05, 4.69) is 5.32 Å². The molecule has 0 aliphatic heterocycles. The van der Waals surface area contributed by atoms with Crippen molar-refractivity contribution in [1.29, 1.82) is 0 Å². The zero-order chi connectivity index (χ0) is 14.7. The van der Waals surface area contributed by atoms with E-state index in [-0.39, 0.29) is 18.1 Å². The summed E-state index contributed by atoms with van der Waals surface area (Å²) in [7, 11) is 0. The molecule has 0 atom stereocenters. The smallest absolute Gasteiger partial charge is 0.228 e. The fourth-order valence-corrected chi connectivity index (χ4v) is 2.20. The summed E-state index contributed by atoms with van der Waals surface area (Å²) in [5.74, 6) is -0.177. The minimum Gasteiger partial charge on any atom is -0.508 e. The predicted octanol–water partition coefficient (Wildman–Crippen LogP) is 4.19. The van der Waals surface area contributed by atoms with Gasteiger partial charge in [0.05, 0.1) is 17.1 Å². The summed E-state index contributed by atoms with van der Waals surface area (Å²) < 4.78 is 0. The van der Waals surface area contributed by atoms with Crippen LogP contribution in [-0.4, -0.2) is 11.0 Å². The molecule has 2 rings (SSSR count). The number of amides is 1. The molecule has 2 N–H and O–H groups in total. The lowest BCUT2D eigenvalue weighted by atomic mass is 10.1. The number of hydrogen-bond acceptors (Lipinski definition) is 2. The van der Waals surface area contributed by atoms with Gasteiger partial charge in [-0.3, -0.25) is 4.79 Å². The van der Waals surface area contributed by atoms with Crippen LogP contribution in [0.15, 0.2) is 36.4 Å². The molecule has 0 fully saturated rings. The van der Waals surface area contributed by atoms with Crippen LogP contribution in [0.2, 0.25) is 10.0 Å². The maximum Gasteiger partial charge on any atom is 0.228 e. The van der Waals surface area contributed by atoms with Gasteiger partial charge in [0.1, 0.15) is 5.75 Å². The zero-order valence-electron chi connectivity index (χ0n) is 10.8. The lowest BCUT2D eigenvalue weighted by Gasteiger charge is -2.10. The predicted molar refractivity (Wildman–Crippen MR) is 81.6 cm³/mol. The van der Waals surface area contributed by atoms with Crippen LogP contribution >= 0.6 is 23.2 Å². The van der Waals surface area contributed by atoms with E-state index in [0.29, 0.717) is 21.3 Å². The minimum absolute atomic E-state index is 0.0640. The van der Waals surface area contributed by atoms with Gasteiger partial charge in [0.25, 0.3) is 0 Å². The lowest BCUT2D eigenvalue weighted by Crippen LogP contribution is -2.14. The van der Waals surface area contributed by atoms with Crippen molar-refractivity contribution in [3.8, 4) is 5.75 Å². The molecule has 0 aliphatic carbocycles. The summed E-state index contributed by atoms with van der Waals surface area (Å²) in [6.07, 6.45) is 0.0640. The van der Waals surface area contributed by atoms with Gasteiger partial charge < -0.3 is 10.4 Å². The van der Waals surface area contributed by atoms with Crippen LogP contribution in [0.25, 0.3) is 0 Å². The van der Waals surface area contributed by atoms with E-state index in [0.717, 1.165) is 5.56 Å². The Morgan fingerprint density at radius 3 is 2.60 bits per heavy atom. The Morgan fingerprint density at radius 1 is 1.20 bits per heavy atom. The summed E-state index contributed by atoms with van der Waals surface area (Å²) >= 11 is 12.1. The number of halogens is 2.